The number of sulfonamides is 1. The van der Waals surface area contributed by atoms with E-state index in [2.05, 4.69) is 5.32 Å². The van der Waals surface area contributed by atoms with Crippen LogP contribution in [0.3, 0.4) is 0 Å². The number of hydrogen-bond donors (Lipinski definition) is 1. The van der Waals surface area contributed by atoms with Gasteiger partial charge < -0.3 is 5.32 Å². The molecule has 2 amide bonds. The normalized spacial score (nSPS) is 15.9. The second kappa shape index (κ2) is 7.09. The lowest BCUT2D eigenvalue weighted by molar-refractivity contribution is -0.116. The summed E-state index contributed by atoms with van der Waals surface area (Å²) < 4.78 is 24.9. The Morgan fingerprint density at radius 3 is 2.62 bits per heavy atom. The Labute approximate surface area is 156 Å². The maximum atomic E-state index is 12.5. The fraction of sp³-hybridized carbons (Fsp3) is 0.222. The number of carbonyl (C=O) groups excluding carboxylic acids is 2. The highest BCUT2D eigenvalue weighted by Gasteiger charge is 2.36. The van der Waals surface area contributed by atoms with Crippen LogP contribution in [0.5, 0.6) is 0 Å². The van der Waals surface area contributed by atoms with E-state index in [4.69, 9.17) is 11.6 Å². The van der Waals surface area contributed by atoms with Crippen LogP contribution in [0.4, 0.5) is 5.69 Å². The highest BCUT2D eigenvalue weighted by molar-refractivity contribution is 7.94. The minimum Gasteiger partial charge on any atom is -0.348 e. The van der Waals surface area contributed by atoms with Crippen molar-refractivity contribution in [1.82, 2.24) is 5.32 Å². The van der Waals surface area contributed by atoms with Gasteiger partial charge in [-0.3, -0.25) is 9.59 Å². The van der Waals surface area contributed by atoms with Crippen molar-refractivity contribution in [2.24, 2.45) is 0 Å². The summed E-state index contributed by atoms with van der Waals surface area (Å²) in [7, 11) is -3.70. The van der Waals surface area contributed by atoms with Gasteiger partial charge in [0.1, 0.15) is 0 Å². The Morgan fingerprint density at radius 2 is 1.96 bits per heavy atom. The van der Waals surface area contributed by atoms with Crippen LogP contribution in [0.15, 0.2) is 42.5 Å². The monoisotopic (exact) mass is 392 g/mol. The maximum Gasteiger partial charge on any atom is 0.253 e. The molecular weight excluding hydrogens is 376 g/mol. The number of benzene rings is 2. The molecule has 0 saturated carbocycles. The van der Waals surface area contributed by atoms with Gasteiger partial charge in [-0.15, -0.1) is 0 Å². The molecule has 0 bridgehead atoms. The van der Waals surface area contributed by atoms with Crippen molar-refractivity contribution in [2.45, 2.75) is 19.9 Å². The van der Waals surface area contributed by atoms with Gasteiger partial charge in [0.15, 0.2) is 0 Å². The Bertz CT molecular complexity index is 988. The number of anilines is 1. The Kier molecular flexibility index (Phi) is 5.02. The third-order valence-electron chi connectivity index (χ3n) is 4.21. The van der Waals surface area contributed by atoms with Crippen LogP contribution in [0.1, 0.15) is 27.9 Å². The molecular formula is C18H17ClN2O4S. The molecule has 0 unspecified atom stereocenters. The zero-order valence-corrected chi connectivity index (χ0v) is 15.6. The first kappa shape index (κ1) is 18.4. The third kappa shape index (κ3) is 3.59. The van der Waals surface area contributed by atoms with E-state index in [-0.39, 0.29) is 28.4 Å². The van der Waals surface area contributed by atoms with Crippen LogP contribution in [0, 0.1) is 6.92 Å². The average molecular weight is 393 g/mol. The zero-order valence-electron chi connectivity index (χ0n) is 14.0. The number of nitrogens with one attached hydrogen (secondary N) is 1. The number of hydrogen-bond acceptors (Lipinski definition) is 4. The topological polar surface area (TPSA) is 83.6 Å². The highest BCUT2D eigenvalue weighted by Crippen LogP contribution is 2.29. The molecule has 3 rings (SSSR count). The van der Waals surface area contributed by atoms with Crippen LogP contribution < -0.4 is 9.62 Å². The summed E-state index contributed by atoms with van der Waals surface area (Å²) in [6.45, 7) is 2.26. The molecule has 8 heteroatoms. The van der Waals surface area contributed by atoms with Gasteiger partial charge in [-0.25, -0.2) is 12.7 Å². The minimum atomic E-state index is -3.70. The van der Waals surface area contributed by atoms with E-state index < -0.39 is 21.8 Å². The van der Waals surface area contributed by atoms with E-state index in [0.29, 0.717) is 6.54 Å². The predicted octanol–water partition coefficient (Wildman–Crippen LogP) is 2.64. The molecule has 1 saturated heterocycles. The molecule has 1 aliphatic heterocycles. The molecule has 136 valence electrons. The standard InChI is InChI=1S/C18H17ClN2O4S/c1-12-4-2-3-5-13(12)11-20-18(23)15-10-14(6-7-16(15)19)21-17(22)8-9-26(21,24)25/h2-7,10H,8-9,11H2,1H3,(H,20,23). The summed E-state index contributed by atoms with van der Waals surface area (Å²) in [5.41, 5.74) is 2.25. The first-order chi connectivity index (χ1) is 12.3. The molecule has 0 aliphatic carbocycles. The summed E-state index contributed by atoms with van der Waals surface area (Å²) in [6.07, 6.45) is -0.0697. The van der Waals surface area contributed by atoms with E-state index in [1.807, 2.05) is 31.2 Å². The van der Waals surface area contributed by atoms with Crippen LogP contribution in [0.2, 0.25) is 5.02 Å². The lowest BCUT2D eigenvalue weighted by atomic mass is 10.1. The number of nitrogens with zero attached hydrogens (tertiary/aromatic N) is 1. The van der Waals surface area contributed by atoms with Gasteiger partial charge in [-0.05, 0) is 36.2 Å². The van der Waals surface area contributed by atoms with Crippen LogP contribution in [-0.4, -0.2) is 26.0 Å². The second-order valence-corrected chi connectivity index (χ2v) is 8.34. The Balaban J connectivity index is 1.85. The maximum absolute atomic E-state index is 12.5. The molecule has 6 nitrogen and oxygen atoms in total. The van der Waals surface area contributed by atoms with Gasteiger partial charge in [0.05, 0.1) is 22.0 Å². The van der Waals surface area contributed by atoms with Crippen molar-refractivity contribution in [3.05, 3.63) is 64.2 Å². The number of carbonyl (C=O) groups is 2. The van der Waals surface area contributed by atoms with Gasteiger partial charge in [0.2, 0.25) is 15.9 Å². The summed E-state index contributed by atoms with van der Waals surface area (Å²) in [4.78, 5) is 24.4. The van der Waals surface area contributed by atoms with E-state index in [0.717, 1.165) is 15.4 Å². The van der Waals surface area contributed by atoms with Crippen molar-refractivity contribution >= 4 is 39.1 Å². The number of amides is 2. The van der Waals surface area contributed by atoms with Crippen molar-refractivity contribution in [1.29, 1.82) is 0 Å². The van der Waals surface area contributed by atoms with E-state index in [1.165, 1.54) is 18.2 Å². The van der Waals surface area contributed by atoms with E-state index in [9.17, 15) is 18.0 Å². The molecule has 1 fully saturated rings. The van der Waals surface area contributed by atoms with Crippen LogP contribution in [0.25, 0.3) is 0 Å². The summed E-state index contributed by atoms with van der Waals surface area (Å²) in [5.74, 6) is -1.19. The fourth-order valence-corrected chi connectivity index (χ4v) is 4.42. The Hall–Kier alpha value is -2.38. The van der Waals surface area contributed by atoms with Gasteiger partial charge in [0.25, 0.3) is 5.91 Å². The first-order valence-corrected chi connectivity index (χ1v) is 9.96. The predicted molar refractivity (Wildman–Crippen MR) is 99.7 cm³/mol. The molecule has 0 spiro atoms. The fourth-order valence-electron chi connectivity index (χ4n) is 2.76. The molecule has 1 heterocycles. The number of rotatable bonds is 4. The Morgan fingerprint density at radius 1 is 1.23 bits per heavy atom. The molecule has 2 aromatic carbocycles. The van der Waals surface area contributed by atoms with Crippen molar-refractivity contribution in [2.75, 3.05) is 10.1 Å². The van der Waals surface area contributed by atoms with Crippen LogP contribution >= 0.6 is 11.6 Å². The molecule has 1 N–H and O–H groups in total. The van der Waals surface area contributed by atoms with Crippen molar-refractivity contribution in [3.63, 3.8) is 0 Å². The van der Waals surface area contributed by atoms with Gasteiger partial charge >= 0.3 is 0 Å². The molecule has 0 aromatic heterocycles. The minimum absolute atomic E-state index is 0.0697. The number of aryl methyl sites for hydroxylation is 1. The lowest BCUT2D eigenvalue weighted by Crippen LogP contribution is -2.30. The van der Waals surface area contributed by atoms with Crippen molar-refractivity contribution in [3.8, 4) is 0 Å². The molecule has 0 radical (unpaired) electrons. The van der Waals surface area contributed by atoms with E-state index >= 15 is 0 Å². The summed E-state index contributed by atoms with van der Waals surface area (Å²) >= 11 is 6.10. The molecule has 2 aromatic rings. The second-order valence-electron chi connectivity index (χ2n) is 6.00. The SMILES string of the molecule is Cc1ccccc1CNC(=O)c1cc(N2C(=O)CCS2(=O)=O)ccc1Cl. The van der Waals surface area contributed by atoms with Crippen molar-refractivity contribution < 1.29 is 18.0 Å². The smallest absolute Gasteiger partial charge is 0.253 e. The summed E-state index contributed by atoms with van der Waals surface area (Å²) in [5, 5.41) is 2.95. The van der Waals surface area contributed by atoms with Crippen LogP contribution in [-0.2, 0) is 21.4 Å². The third-order valence-corrected chi connectivity index (χ3v) is 6.23. The van der Waals surface area contributed by atoms with Gasteiger partial charge in [-0.2, -0.15) is 0 Å². The largest absolute Gasteiger partial charge is 0.348 e. The highest BCUT2D eigenvalue weighted by atomic mass is 35.5. The van der Waals surface area contributed by atoms with E-state index in [1.54, 1.807) is 0 Å². The quantitative estimate of drug-likeness (QED) is 0.866. The lowest BCUT2D eigenvalue weighted by Gasteiger charge is -2.16. The molecule has 1 aliphatic rings. The average Bonchev–Trinajstić information content (AvgIpc) is 2.87. The van der Waals surface area contributed by atoms with Gasteiger partial charge in [-0.1, -0.05) is 35.9 Å². The van der Waals surface area contributed by atoms with Gasteiger partial charge in [0, 0.05) is 13.0 Å². The zero-order chi connectivity index (χ0) is 18.9. The first-order valence-electron chi connectivity index (χ1n) is 7.98. The summed E-state index contributed by atoms with van der Waals surface area (Å²) in [6, 6.07) is 11.8. The molecule has 26 heavy (non-hydrogen) atoms. The number of halogens is 1. The molecule has 0 atom stereocenters.